The lowest BCUT2D eigenvalue weighted by molar-refractivity contribution is -0.129. The number of carbonyl (C=O) groups is 1. The Morgan fingerprint density at radius 1 is 1.55 bits per heavy atom. The van der Waals surface area contributed by atoms with Gasteiger partial charge in [-0.2, -0.15) is 5.10 Å². The Bertz CT molecular complexity index is 475. The number of hydrogen-bond acceptors (Lipinski definition) is 4. The van der Waals surface area contributed by atoms with Gasteiger partial charge in [0, 0.05) is 31.4 Å². The highest BCUT2D eigenvalue weighted by Crippen LogP contribution is 2.11. The molecule has 1 aliphatic rings. The van der Waals surface area contributed by atoms with Crippen molar-refractivity contribution < 1.29 is 9.53 Å². The molecule has 0 aliphatic carbocycles. The van der Waals surface area contributed by atoms with E-state index >= 15 is 0 Å². The van der Waals surface area contributed by atoms with Crippen molar-refractivity contribution in [3.63, 3.8) is 0 Å². The number of morpholine rings is 1. The molecule has 114 valence electrons. The first kappa shape index (κ1) is 16.9. The van der Waals surface area contributed by atoms with Crippen LogP contribution < -0.4 is 10.6 Å². The van der Waals surface area contributed by atoms with Crippen molar-refractivity contribution in [1.29, 1.82) is 0 Å². The van der Waals surface area contributed by atoms with E-state index < -0.39 is 0 Å². The third-order valence-electron chi connectivity index (χ3n) is 3.70. The molecule has 2 rings (SSSR count). The van der Waals surface area contributed by atoms with Crippen molar-refractivity contribution in [2.24, 2.45) is 7.05 Å². The standard InChI is InChI=1S/C13H22N4O2.ClH/c1-8-11(9(2)17(4)16-8)7-15-13(18)12-10(3)19-6-5-14-12;/h10,12,14H,5-7H2,1-4H3,(H,15,18);1H/t10-,12+;/m1./s1. The molecule has 1 aliphatic heterocycles. The molecule has 7 heteroatoms. The van der Waals surface area contributed by atoms with E-state index in [-0.39, 0.29) is 30.5 Å². The molecule has 0 radical (unpaired) electrons. The maximum absolute atomic E-state index is 12.1. The molecule has 2 N–H and O–H groups in total. The third-order valence-corrected chi connectivity index (χ3v) is 3.70. The minimum atomic E-state index is -0.272. The van der Waals surface area contributed by atoms with Crippen molar-refractivity contribution in [2.75, 3.05) is 13.2 Å². The SMILES string of the molecule is Cc1nn(C)c(C)c1CNC(=O)[C@H]1NCCO[C@@H]1C.Cl. The molecule has 1 saturated heterocycles. The van der Waals surface area contributed by atoms with Gasteiger partial charge in [-0.05, 0) is 20.8 Å². The maximum atomic E-state index is 12.1. The van der Waals surface area contributed by atoms with E-state index in [0.29, 0.717) is 19.7 Å². The molecular weight excluding hydrogens is 280 g/mol. The second-order valence-corrected chi connectivity index (χ2v) is 5.00. The average molecular weight is 303 g/mol. The second-order valence-electron chi connectivity index (χ2n) is 5.00. The van der Waals surface area contributed by atoms with Crippen LogP contribution in [0.15, 0.2) is 0 Å². The Labute approximate surface area is 125 Å². The molecule has 0 bridgehead atoms. The molecule has 1 fully saturated rings. The van der Waals surface area contributed by atoms with Gasteiger partial charge in [-0.3, -0.25) is 9.48 Å². The van der Waals surface area contributed by atoms with E-state index in [9.17, 15) is 4.79 Å². The Morgan fingerprint density at radius 2 is 2.25 bits per heavy atom. The van der Waals surface area contributed by atoms with Crippen LogP contribution in [0, 0.1) is 13.8 Å². The molecule has 2 heterocycles. The topological polar surface area (TPSA) is 68.2 Å². The van der Waals surface area contributed by atoms with Crippen molar-refractivity contribution in [3.05, 3.63) is 17.0 Å². The van der Waals surface area contributed by atoms with Crippen molar-refractivity contribution in [1.82, 2.24) is 20.4 Å². The number of aryl methyl sites for hydroxylation is 2. The van der Waals surface area contributed by atoms with Gasteiger partial charge < -0.3 is 15.4 Å². The van der Waals surface area contributed by atoms with Crippen molar-refractivity contribution in [2.45, 2.75) is 39.5 Å². The fourth-order valence-corrected chi connectivity index (χ4v) is 2.39. The number of aromatic nitrogens is 2. The van der Waals surface area contributed by atoms with Gasteiger partial charge >= 0.3 is 0 Å². The van der Waals surface area contributed by atoms with Crippen LogP contribution in [0.25, 0.3) is 0 Å². The lowest BCUT2D eigenvalue weighted by Gasteiger charge is -2.29. The molecule has 2 atom stereocenters. The number of carbonyl (C=O) groups excluding carboxylic acids is 1. The van der Waals surface area contributed by atoms with Gasteiger partial charge in [0.2, 0.25) is 5.91 Å². The Kier molecular flexibility index (Phi) is 5.98. The summed E-state index contributed by atoms with van der Waals surface area (Å²) in [5.41, 5.74) is 3.13. The quantitative estimate of drug-likeness (QED) is 0.851. The summed E-state index contributed by atoms with van der Waals surface area (Å²) in [5.74, 6) is -0.0187. The van der Waals surface area contributed by atoms with Gasteiger partial charge in [0.15, 0.2) is 0 Å². The zero-order valence-corrected chi connectivity index (χ0v) is 13.2. The zero-order valence-electron chi connectivity index (χ0n) is 12.4. The largest absolute Gasteiger partial charge is 0.375 e. The maximum Gasteiger partial charge on any atom is 0.240 e. The number of rotatable bonds is 3. The van der Waals surface area contributed by atoms with E-state index in [0.717, 1.165) is 17.0 Å². The molecule has 0 aromatic carbocycles. The summed E-state index contributed by atoms with van der Waals surface area (Å²) in [4.78, 5) is 12.1. The number of amides is 1. The van der Waals surface area contributed by atoms with E-state index in [1.54, 1.807) is 0 Å². The van der Waals surface area contributed by atoms with Crippen LogP contribution in [0.2, 0.25) is 0 Å². The summed E-state index contributed by atoms with van der Waals surface area (Å²) < 4.78 is 7.31. The van der Waals surface area contributed by atoms with Crippen LogP contribution in [-0.2, 0) is 23.1 Å². The summed E-state index contributed by atoms with van der Waals surface area (Å²) in [7, 11) is 1.91. The van der Waals surface area contributed by atoms with Crippen LogP contribution >= 0.6 is 12.4 Å². The minimum Gasteiger partial charge on any atom is -0.375 e. The minimum absolute atomic E-state index is 0. The molecule has 0 unspecified atom stereocenters. The van der Waals surface area contributed by atoms with Crippen LogP contribution in [0.3, 0.4) is 0 Å². The summed E-state index contributed by atoms with van der Waals surface area (Å²) >= 11 is 0. The van der Waals surface area contributed by atoms with Crippen molar-refractivity contribution >= 4 is 18.3 Å². The number of nitrogens with one attached hydrogen (secondary N) is 2. The molecule has 0 saturated carbocycles. The van der Waals surface area contributed by atoms with E-state index in [4.69, 9.17) is 4.74 Å². The molecule has 1 amide bonds. The van der Waals surface area contributed by atoms with Gasteiger partial charge in [-0.25, -0.2) is 0 Å². The highest BCUT2D eigenvalue weighted by atomic mass is 35.5. The van der Waals surface area contributed by atoms with E-state index in [2.05, 4.69) is 15.7 Å². The van der Waals surface area contributed by atoms with E-state index in [1.807, 2.05) is 32.5 Å². The van der Waals surface area contributed by atoms with Crippen LogP contribution in [-0.4, -0.2) is 41.0 Å². The summed E-state index contributed by atoms with van der Waals surface area (Å²) in [6.07, 6.45) is -0.0927. The number of hydrogen-bond donors (Lipinski definition) is 2. The third kappa shape index (κ3) is 3.50. The molecular formula is C13H23ClN4O2. The smallest absolute Gasteiger partial charge is 0.240 e. The lowest BCUT2D eigenvalue weighted by atomic mass is 10.1. The van der Waals surface area contributed by atoms with Gasteiger partial charge in [-0.15, -0.1) is 12.4 Å². The van der Waals surface area contributed by atoms with Gasteiger partial charge in [0.1, 0.15) is 6.04 Å². The van der Waals surface area contributed by atoms with Crippen LogP contribution in [0.5, 0.6) is 0 Å². The molecule has 0 spiro atoms. The number of ether oxygens (including phenoxy) is 1. The first-order valence-corrected chi connectivity index (χ1v) is 6.62. The lowest BCUT2D eigenvalue weighted by Crippen LogP contribution is -2.55. The highest BCUT2D eigenvalue weighted by molar-refractivity contribution is 5.85. The molecule has 20 heavy (non-hydrogen) atoms. The molecule has 6 nitrogen and oxygen atoms in total. The normalized spacial score (nSPS) is 22.2. The average Bonchev–Trinajstić information content (AvgIpc) is 2.61. The number of nitrogens with zero attached hydrogens (tertiary/aromatic N) is 2. The van der Waals surface area contributed by atoms with Crippen molar-refractivity contribution in [3.8, 4) is 0 Å². The second kappa shape index (κ2) is 7.06. The van der Waals surface area contributed by atoms with Gasteiger partial charge in [0.05, 0.1) is 18.4 Å². The molecule has 1 aromatic heterocycles. The first-order chi connectivity index (χ1) is 9.00. The predicted octanol–water partition coefficient (Wildman–Crippen LogP) is 0.452. The van der Waals surface area contributed by atoms with E-state index in [1.165, 1.54) is 0 Å². The predicted molar refractivity (Wildman–Crippen MR) is 79.0 cm³/mol. The van der Waals surface area contributed by atoms with Crippen LogP contribution in [0.1, 0.15) is 23.9 Å². The van der Waals surface area contributed by atoms with Gasteiger partial charge in [-0.1, -0.05) is 0 Å². The Morgan fingerprint density at radius 3 is 2.80 bits per heavy atom. The summed E-state index contributed by atoms with van der Waals surface area (Å²) in [5, 5.41) is 10.5. The highest BCUT2D eigenvalue weighted by Gasteiger charge is 2.28. The number of halogens is 1. The Balaban J connectivity index is 0.00000200. The van der Waals surface area contributed by atoms with Crippen LogP contribution in [0.4, 0.5) is 0 Å². The zero-order chi connectivity index (χ0) is 14.0. The first-order valence-electron chi connectivity index (χ1n) is 6.62. The molecule has 1 aromatic rings. The monoisotopic (exact) mass is 302 g/mol. The fraction of sp³-hybridized carbons (Fsp3) is 0.692. The van der Waals surface area contributed by atoms with Gasteiger partial charge in [0.25, 0.3) is 0 Å². The Hall–Kier alpha value is -1.11. The summed E-state index contributed by atoms with van der Waals surface area (Å²) in [6.45, 7) is 7.76. The fourth-order valence-electron chi connectivity index (χ4n) is 2.39. The summed E-state index contributed by atoms with van der Waals surface area (Å²) in [6, 6.07) is -0.272.